The van der Waals surface area contributed by atoms with E-state index in [1.807, 2.05) is 49.9 Å². The molecule has 1 heterocycles. The number of nitrogens with zero attached hydrogens (tertiary/aromatic N) is 2. The van der Waals surface area contributed by atoms with Crippen LogP contribution in [0.4, 0.5) is 13.6 Å². The molecule has 7 heteroatoms. The summed E-state index contributed by atoms with van der Waals surface area (Å²) < 4.78 is 33.4. The van der Waals surface area contributed by atoms with Crippen LogP contribution in [0.3, 0.4) is 0 Å². The molecule has 2 atom stereocenters. The molecule has 5 nitrogen and oxygen atoms in total. The third kappa shape index (κ3) is 7.22. The van der Waals surface area contributed by atoms with E-state index in [4.69, 9.17) is 4.74 Å². The Balaban J connectivity index is 1.63. The van der Waals surface area contributed by atoms with Gasteiger partial charge in [-0.15, -0.1) is 0 Å². The molecule has 2 fully saturated rings. The average molecular weight is 557 g/mol. The van der Waals surface area contributed by atoms with Gasteiger partial charge in [0.1, 0.15) is 5.60 Å². The predicted molar refractivity (Wildman–Crippen MR) is 155 cm³/mol. The largest absolute Gasteiger partial charge is 0.444 e. The quantitative estimate of drug-likeness (QED) is 0.418. The standard InChI is InChI=1S/C33H46F2N2O3/c1-31(2,3)29-22-36(17-18-37(29)30(38)40-32(4,5)6)21-26(33(39)15-8-7-9-16-33)25-12-10-11-23(19-25)24-13-14-27(34)28(35)20-24/h10-14,19-20,26,29,39H,7-9,15-18,21-22H2,1-6H3. The monoisotopic (exact) mass is 556 g/mol. The normalized spacial score (nSPS) is 21.2. The van der Waals surface area contributed by atoms with Gasteiger partial charge in [-0.2, -0.15) is 0 Å². The number of piperazine rings is 1. The number of hydrogen-bond donors (Lipinski definition) is 1. The van der Waals surface area contributed by atoms with Crippen LogP contribution in [0.25, 0.3) is 11.1 Å². The predicted octanol–water partition coefficient (Wildman–Crippen LogP) is 7.38. The van der Waals surface area contributed by atoms with Crippen LogP contribution in [0, 0.1) is 17.0 Å². The van der Waals surface area contributed by atoms with E-state index in [1.165, 1.54) is 6.07 Å². The molecule has 2 aromatic carbocycles. The van der Waals surface area contributed by atoms with E-state index >= 15 is 0 Å². The number of hydrogen-bond acceptors (Lipinski definition) is 4. The van der Waals surface area contributed by atoms with Crippen LogP contribution in [0.1, 0.15) is 85.1 Å². The van der Waals surface area contributed by atoms with Crippen molar-refractivity contribution < 1.29 is 23.4 Å². The molecule has 1 N–H and O–H groups in total. The molecule has 1 aliphatic heterocycles. The Kier molecular flexibility index (Phi) is 8.96. The molecule has 1 saturated heterocycles. The Morgan fingerprint density at radius 2 is 1.65 bits per heavy atom. The van der Waals surface area contributed by atoms with Crippen molar-refractivity contribution in [2.24, 2.45) is 5.41 Å². The summed E-state index contributed by atoms with van der Waals surface area (Å²) in [5.74, 6) is -1.90. The first-order valence-corrected chi connectivity index (χ1v) is 14.7. The lowest BCUT2D eigenvalue weighted by Crippen LogP contribution is -2.61. The van der Waals surface area contributed by atoms with Gasteiger partial charge in [-0.05, 0) is 67.9 Å². The van der Waals surface area contributed by atoms with Crippen molar-refractivity contribution in [3.05, 3.63) is 59.7 Å². The van der Waals surface area contributed by atoms with Crippen LogP contribution in [-0.2, 0) is 4.74 Å². The minimum Gasteiger partial charge on any atom is -0.444 e. The zero-order chi connectivity index (χ0) is 29.3. The van der Waals surface area contributed by atoms with Crippen molar-refractivity contribution in [1.29, 1.82) is 0 Å². The van der Waals surface area contributed by atoms with Crippen LogP contribution in [0.5, 0.6) is 0 Å². The van der Waals surface area contributed by atoms with Gasteiger partial charge < -0.3 is 14.7 Å². The lowest BCUT2D eigenvalue weighted by molar-refractivity contribution is -0.0493. The van der Waals surface area contributed by atoms with Crippen molar-refractivity contribution in [2.45, 2.75) is 96.8 Å². The van der Waals surface area contributed by atoms with Gasteiger partial charge in [0.05, 0.1) is 11.6 Å². The SMILES string of the molecule is CC(C)(C)OC(=O)N1CCN(CC(c2cccc(-c3ccc(F)c(F)c3)c2)C2(O)CCCCC2)CC1C(C)(C)C. The Bertz CT molecular complexity index is 1180. The summed E-state index contributed by atoms with van der Waals surface area (Å²) >= 11 is 0. The fourth-order valence-corrected chi connectivity index (χ4v) is 6.25. The minimum atomic E-state index is -0.874. The van der Waals surface area contributed by atoms with E-state index in [-0.39, 0.29) is 23.5 Å². The summed E-state index contributed by atoms with van der Waals surface area (Å²) in [7, 11) is 0. The zero-order valence-electron chi connectivity index (χ0n) is 25.0. The highest BCUT2D eigenvalue weighted by Crippen LogP contribution is 2.42. The first-order chi connectivity index (χ1) is 18.7. The fraction of sp³-hybridized carbons (Fsp3) is 0.606. The van der Waals surface area contributed by atoms with Crippen LogP contribution < -0.4 is 0 Å². The lowest BCUT2D eigenvalue weighted by atomic mass is 9.72. The molecule has 0 aromatic heterocycles. The number of halogens is 2. The molecule has 0 spiro atoms. The Labute approximate surface area is 238 Å². The number of benzene rings is 2. The summed E-state index contributed by atoms with van der Waals surface area (Å²) in [4.78, 5) is 17.4. The number of aliphatic hydroxyl groups is 1. The van der Waals surface area contributed by atoms with Gasteiger partial charge >= 0.3 is 6.09 Å². The maximum Gasteiger partial charge on any atom is 0.410 e. The summed E-state index contributed by atoms with van der Waals surface area (Å²) in [5, 5.41) is 12.0. The molecule has 220 valence electrons. The molecular formula is C33H46F2N2O3. The Hall–Kier alpha value is -2.51. The molecule has 0 bridgehead atoms. The van der Waals surface area contributed by atoms with Gasteiger partial charge in [0.2, 0.25) is 0 Å². The highest BCUT2D eigenvalue weighted by Gasteiger charge is 2.43. The lowest BCUT2D eigenvalue weighted by Gasteiger charge is -2.49. The van der Waals surface area contributed by atoms with Gasteiger partial charge in [-0.3, -0.25) is 4.90 Å². The number of carbonyl (C=O) groups excluding carboxylic acids is 1. The van der Waals surface area contributed by atoms with Crippen molar-refractivity contribution in [2.75, 3.05) is 26.2 Å². The molecular weight excluding hydrogens is 510 g/mol. The molecule has 40 heavy (non-hydrogen) atoms. The summed E-state index contributed by atoms with van der Waals surface area (Å²) in [6, 6.07) is 11.8. The average Bonchev–Trinajstić information content (AvgIpc) is 2.87. The maximum absolute atomic E-state index is 14.0. The molecule has 2 aromatic rings. The molecule has 2 aliphatic rings. The Morgan fingerprint density at radius 3 is 2.27 bits per heavy atom. The molecule has 2 unspecified atom stereocenters. The highest BCUT2D eigenvalue weighted by molar-refractivity contribution is 5.69. The van der Waals surface area contributed by atoms with Crippen molar-refractivity contribution in [3.8, 4) is 11.1 Å². The summed E-state index contributed by atoms with van der Waals surface area (Å²) in [5.41, 5.74) is 0.805. The van der Waals surface area contributed by atoms with Crippen LogP contribution >= 0.6 is 0 Å². The van der Waals surface area contributed by atoms with E-state index in [0.717, 1.165) is 49.3 Å². The molecule has 0 radical (unpaired) electrons. The Morgan fingerprint density at radius 1 is 0.975 bits per heavy atom. The zero-order valence-corrected chi connectivity index (χ0v) is 25.0. The van der Waals surface area contributed by atoms with E-state index in [1.54, 1.807) is 6.07 Å². The summed E-state index contributed by atoms with van der Waals surface area (Å²) in [6.07, 6.45) is 4.25. The third-order valence-corrected chi connectivity index (χ3v) is 8.44. The van der Waals surface area contributed by atoms with Gasteiger partial charge in [-0.1, -0.05) is 70.4 Å². The second kappa shape index (κ2) is 11.8. The summed E-state index contributed by atoms with van der Waals surface area (Å²) in [6.45, 7) is 14.7. The van der Waals surface area contributed by atoms with Crippen molar-refractivity contribution in [1.82, 2.24) is 9.80 Å². The molecule has 4 rings (SSSR count). The van der Waals surface area contributed by atoms with Crippen LogP contribution in [0.15, 0.2) is 42.5 Å². The first kappa shape index (κ1) is 30.4. The molecule has 1 amide bonds. The van der Waals surface area contributed by atoms with E-state index in [2.05, 4.69) is 25.7 Å². The van der Waals surface area contributed by atoms with Crippen molar-refractivity contribution >= 4 is 6.09 Å². The third-order valence-electron chi connectivity index (χ3n) is 8.44. The highest BCUT2D eigenvalue weighted by atomic mass is 19.2. The van der Waals surface area contributed by atoms with Gasteiger partial charge in [0, 0.05) is 32.1 Å². The van der Waals surface area contributed by atoms with Gasteiger partial charge in [-0.25, -0.2) is 13.6 Å². The van der Waals surface area contributed by atoms with Crippen LogP contribution in [-0.4, -0.2) is 64.4 Å². The van der Waals surface area contributed by atoms with Gasteiger partial charge in [0.15, 0.2) is 11.6 Å². The second-order valence-corrected chi connectivity index (χ2v) is 13.8. The number of carbonyl (C=O) groups is 1. The number of ether oxygens (including phenoxy) is 1. The first-order valence-electron chi connectivity index (χ1n) is 14.7. The molecule has 1 saturated carbocycles. The van der Waals surface area contributed by atoms with Crippen molar-refractivity contribution in [3.63, 3.8) is 0 Å². The smallest absolute Gasteiger partial charge is 0.410 e. The van der Waals surface area contributed by atoms with E-state index in [0.29, 0.717) is 31.7 Å². The molecule has 1 aliphatic carbocycles. The maximum atomic E-state index is 14.0. The fourth-order valence-electron chi connectivity index (χ4n) is 6.25. The topological polar surface area (TPSA) is 53.0 Å². The minimum absolute atomic E-state index is 0.0497. The number of amides is 1. The van der Waals surface area contributed by atoms with Crippen LogP contribution in [0.2, 0.25) is 0 Å². The second-order valence-electron chi connectivity index (χ2n) is 13.8. The van der Waals surface area contributed by atoms with E-state index < -0.39 is 22.8 Å². The van der Waals surface area contributed by atoms with Gasteiger partial charge in [0.25, 0.3) is 0 Å². The van der Waals surface area contributed by atoms with E-state index in [9.17, 15) is 18.7 Å². The number of rotatable bonds is 5.